The van der Waals surface area contributed by atoms with Crippen LogP contribution in [0.2, 0.25) is 0 Å². The van der Waals surface area contributed by atoms with Crippen molar-refractivity contribution in [1.82, 2.24) is 9.88 Å². The molecule has 0 radical (unpaired) electrons. The van der Waals surface area contributed by atoms with Crippen molar-refractivity contribution in [3.05, 3.63) is 47.8 Å². The zero-order valence-electron chi connectivity index (χ0n) is 15.8. The summed E-state index contributed by atoms with van der Waals surface area (Å²) < 4.78 is 16.4. The lowest BCUT2D eigenvalue weighted by molar-refractivity contribution is 0.0644. The number of benzene rings is 1. The number of carboxylic acids is 1. The number of hydrogen-bond donors (Lipinski definition) is 1. The maximum absolute atomic E-state index is 12.1. The number of carbonyl (C=O) groups is 2. The molecule has 1 N–H and O–H groups in total. The van der Waals surface area contributed by atoms with E-state index in [1.54, 1.807) is 30.2 Å². The number of likely N-dealkylation sites (tertiary alicyclic amines) is 1. The van der Waals surface area contributed by atoms with Gasteiger partial charge in [-0.25, -0.2) is 9.78 Å². The van der Waals surface area contributed by atoms with Gasteiger partial charge in [0.1, 0.15) is 29.0 Å². The molecule has 1 aromatic carbocycles. The summed E-state index contributed by atoms with van der Waals surface area (Å²) in [5.74, 6) is -0.157. The number of aromatic carboxylic acids is 1. The van der Waals surface area contributed by atoms with Crippen molar-refractivity contribution < 1.29 is 28.9 Å². The van der Waals surface area contributed by atoms with Crippen LogP contribution < -0.4 is 9.47 Å². The lowest BCUT2D eigenvalue weighted by Crippen LogP contribution is -2.42. The topological polar surface area (TPSA) is 98.2 Å². The molecule has 1 saturated heterocycles. The molecule has 1 amide bonds. The Balaban J connectivity index is 1.75. The number of pyridine rings is 1. The highest BCUT2D eigenvalue weighted by Gasteiger charge is 2.22. The zero-order chi connectivity index (χ0) is 20.1. The van der Waals surface area contributed by atoms with E-state index in [1.165, 1.54) is 18.3 Å². The second-order valence-electron chi connectivity index (χ2n) is 6.51. The van der Waals surface area contributed by atoms with E-state index >= 15 is 0 Å². The maximum Gasteiger partial charge on any atom is 0.335 e. The van der Waals surface area contributed by atoms with Gasteiger partial charge in [0.15, 0.2) is 0 Å². The van der Waals surface area contributed by atoms with Gasteiger partial charge in [0.2, 0.25) is 0 Å². The minimum absolute atomic E-state index is 0.0367. The number of aromatic nitrogens is 1. The quantitative estimate of drug-likeness (QED) is 0.745. The molecule has 1 fully saturated rings. The number of carbonyl (C=O) groups excluding carboxylic acids is 1. The van der Waals surface area contributed by atoms with Gasteiger partial charge in [0.25, 0.3) is 5.91 Å². The molecule has 1 aromatic heterocycles. The number of amides is 1. The Morgan fingerprint density at radius 1 is 1.18 bits per heavy atom. The Labute approximate surface area is 162 Å². The fourth-order valence-electron chi connectivity index (χ4n) is 2.71. The molecular weight excluding hydrogens is 364 g/mol. The standard InChI is InChI=1S/C20H22N2O6/c1-13(12-26-2)27-16-8-14(20(24)25)9-17(10-16)28-15-4-5-18(21-11-15)19(23)22-6-3-7-22/h4-5,8-11,13H,3,6-7,12H2,1-2H3,(H,24,25). The highest BCUT2D eigenvalue weighted by Crippen LogP contribution is 2.28. The first-order valence-electron chi connectivity index (χ1n) is 8.93. The third kappa shape index (κ3) is 4.77. The van der Waals surface area contributed by atoms with Gasteiger partial charge in [-0.2, -0.15) is 0 Å². The van der Waals surface area contributed by atoms with Gasteiger partial charge in [-0.15, -0.1) is 0 Å². The first-order chi connectivity index (χ1) is 13.5. The first kappa shape index (κ1) is 19.6. The average Bonchev–Trinajstić information content (AvgIpc) is 2.60. The molecule has 148 valence electrons. The lowest BCUT2D eigenvalue weighted by atomic mass is 10.2. The summed E-state index contributed by atoms with van der Waals surface area (Å²) in [5, 5.41) is 9.33. The summed E-state index contributed by atoms with van der Waals surface area (Å²) in [6, 6.07) is 7.64. The molecule has 1 atom stereocenters. The summed E-state index contributed by atoms with van der Waals surface area (Å²) in [7, 11) is 1.56. The van der Waals surface area contributed by atoms with Crippen molar-refractivity contribution in [1.29, 1.82) is 0 Å². The van der Waals surface area contributed by atoms with E-state index in [1.807, 2.05) is 6.92 Å². The van der Waals surface area contributed by atoms with Crippen molar-refractivity contribution in [3.8, 4) is 17.2 Å². The van der Waals surface area contributed by atoms with Crippen LogP contribution in [0.25, 0.3) is 0 Å². The van der Waals surface area contributed by atoms with Crippen LogP contribution in [0.5, 0.6) is 17.2 Å². The van der Waals surface area contributed by atoms with E-state index in [-0.39, 0.29) is 17.6 Å². The van der Waals surface area contributed by atoms with Crippen molar-refractivity contribution in [2.24, 2.45) is 0 Å². The minimum Gasteiger partial charge on any atom is -0.488 e. The molecule has 28 heavy (non-hydrogen) atoms. The van der Waals surface area contributed by atoms with Crippen molar-refractivity contribution in [3.63, 3.8) is 0 Å². The molecule has 2 heterocycles. The molecule has 0 spiro atoms. The Bertz CT molecular complexity index is 848. The molecule has 0 aliphatic carbocycles. The van der Waals surface area contributed by atoms with Crippen molar-refractivity contribution in [2.75, 3.05) is 26.8 Å². The Kier molecular flexibility index (Phi) is 6.10. The van der Waals surface area contributed by atoms with Crippen LogP contribution in [0.15, 0.2) is 36.5 Å². The largest absolute Gasteiger partial charge is 0.488 e. The Morgan fingerprint density at radius 3 is 2.50 bits per heavy atom. The van der Waals surface area contributed by atoms with Crippen LogP contribution in [-0.2, 0) is 4.74 Å². The SMILES string of the molecule is COCC(C)Oc1cc(Oc2ccc(C(=O)N3CCC3)nc2)cc(C(=O)O)c1. The number of hydrogen-bond acceptors (Lipinski definition) is 6. The fraction of sp³-hybridized carbons (Fsp3) is 0.350. The number of nitrogens with zero attached hydrogens (tertiary/aromatic N) is 2. The zero-order valence-corrected chi connectivity index (χ0v) is 15.8. The second-order valence-corrected chi connectivity index (χ2v) is 6.51. The maximum atomic E-state index is 12.1. The normalized spacial score (nSPS) is 14.1. The third-order valence-electron chi connectivity index (χ3n) is 4.20. The van der Waals surface area contributed by atoms with Crippen molar-refractivity contribution >= 4 is 11.9 Å². The monoisotopic (exact) mass is 386 g/mol. The number of ether oxygens (including phenoxy) is 3. The summed E-state index contributed by atoms with van der Waals surface area (Å²) in [6.07, 6.45) is 2.20. The summed E-state index contributed by atoms with van der Waals surface area (Å²) in [5.41, 5.74) is 0.387. The van der Waals surface area contributed by atoms with Crippen LogP contribution in [0.3, 0.4) is 0 Å². The summed E-state index contributed by atoms with van der Waals surface area (Å²) in [4.78, 5) is 29.4. The molecule has 2 aromatic rings. The summed E-state index contributed by atoms with van der Waals surface area (Å²) in [6.45, 7) is 3.69. The van der Waals surface area contributed by atoms with Gasteiger partial charge in [-0.1, -0.05) is 0 Å². The van der Waals surface area contributed by atoms with Gasteiger partial charge in [0.05, 0.1) is 18.4 Å². The highest BCUT2D eigenvalue weighted by atomic mass is 16.5. The molecule has 1 unspecified atom stereocenters. The Hall–Kier alpha value is -3.13. The molecule has 0 bridgehead atoms. The first-order valence-corrected chi connectivity index (χ1v) is 8.93. The van der Waals surface area contributed by atoms with Crippen LogP contribution in [0.4, 0.5) is 0 Å². The Morgan fingerprint density at radius 2 is 1.93 bits per heavy atom. The smallest absolute Gasteiger partial charge is 0.335 e. The van der Waals surface area contributed by atoms with Crippen molar-refractivity contribution in [2.45, 2.75) is 19.4 Å². The number of rotatable bonds is 8. The van der Waals surface area contributed by atoms with Crippen LogP contribution in [0.1, 0.15) is 34.2 Å². The predicted octanol–water partition coefficient (Wildman–Crippen LogP) is 2.83. The van der Waals surface area contributed by atoms with Gasteiger partial charge in [-0.3, -0.25) is 4.79 Å². The number of carboxylic acid groups (broad SMARTS) is 1. The fourth-order valence-corrected chi connectivity index (χ4v) is 2.71. The van der Waals surface area contributed by atoms with E-state index < -0.39 is 5.97 Å². The second kappa shape index (κ2) is 8.71. The molecule has 3 rings (SSSR count). The van der Waals surface area contributed by atoms with Gasteiger partial charge >= 0.3 is 5.97 Å². The van der Waals surface area contributed by atoms with E-state index in [4.69, 9.17) is 14.2 Å². The molecule has 0 saturated carbocycles. The van der Waals surface area contributed by atoms with Crippen LogP contribution in [-0.4, -0.2) is 59.8 Å². The van der Waals surface area contributed by atoms with Crippen LogP contribution >= 0.6 is 0 Å². The molecule has 8 nitrogen and oxygen atoms in total. The molecule has 1 aliphatic rings. The predicted molar refractivity (Wildman–Crippen MR) is 100 cm³/mol. The third-order valence-corrected chi connectivity index (χ3v) is 4.20. The highest BCUT2D eigenvalue weighted by molar-refractivity contribution is 5.92. The van der Waals surface area contributed by atoms with Crippen LogP contribution in [0, 0.1) is 0 Å². The van der Waals surface area contributed by atoms with Gasteiger partial charge in [0, 0.05) is 26.3 Å². The minimum atomic E-state index is -1.09. The molecule has 8 heteroatoms. The van der Waals surface area contributed by atoms with Gasteiger partial charge in [-0.05, 0) is 37.6 Å². The van der Waals surface area contributed by atoms with E-state index in [2.05, 4.69) is 4.98 Å². The number of methoxy groups -OCH3 is 1. The van der Waals surface area contributed by atoms with E-state index in [0.29, 0.717) is 29.5 Å². The van der Waals surface area contributed by atoms with E-state index in [0.717, 1.165) is 19.5 Å². The average molecular weight is 386 g/mol. The summed E-state index contributed by atoms with van der Waals surface area (Å²) >= 11 is 0. The molecule has 1 aliphatic heterocycles. The lowest BCUT2D eigenvalue weighted by Gasteiger charge is -2.30. The van der Waals surface area contributed by atoms with Gasteiger partial charge < -0.3 is 24.2 Å². The van der Waals surface area contributed by atoms with E-state index in [9.17, 15) is 14.7 Å². The molecular formula is C20H22N2O6.